The molecule has 1 rings (SSSR count). The minimum absolute atomic E-state index is 0.0403. The summed E-state index contributed by atoms with van der Waals surface area (Å²) in [5.74, 6) is 0.262. The number of hydrogen-bond donors (Lipinski definition) is 2. The first-order chi connectivity index (χ1) is 9.42. The number of anilines is 1. The quantitative estimate of drug-likeness (QED) is 0.869. The van der Waals surface area contributed by atoms with Crippen LogP contribution in [0.4, 0.5) is 10.5 Å². The van der Waals surface area contributed by atoms with E-state index in [1.165, 1.54) is 0 Å². The maximum absolute atomic E-state index is 11.6. The number of carbonyl (C=O) groups is 2. The van der Waals surface area contributed by atoms with Crippen LogP contribution in [0, 0.1) is 12.8 Å². The van der Waals surface area contributed by atoms with Gasteiger partial charge in [-0.2, -0.15) is 0 Å². The lowest BCUT2D eigenvalue weighted by molar-refractivity contribution is -0.119. The highest BCUT2D eigenvalue weighted by molar-refractivity contribution is 5.86. The first-order valence-electron chi connectivity index (χ1n) is 6.66. The van der Waals surface area contributed by atoms with Gasteiger partial charge in [0.05, 0.1) is 13.0 Å². The summed E-state index contributed by atoms with van der Waals surface area (Å²) >= 11 is 0. The number of aryl methyl sites for hydroxylation is 1. The molecule has 0 aromatic heterocycles. The standard InChI is InChI=1S/C15H22N2O3/c1-10(2)9-20-15(19)17-13-6-5-12(7-11(13)3)8-14(18)16-4/h5-7,10H,8-9H2,1-4H3,(H,16,18)(H,17,19). The Hall–Kier alpha value is -2.04. The van der Waals surface area contributed by atoms with Gasteiger partial charge in [-0.15, -0.1) is 0 Å². The average molecular weight is 278 g/mol. The minimum atomic E-state index is -0.458. The van der Waals surface area contributed by atoms with Gasteiger partial charge in [-0.05, 0) is 30.0 Å². The summed E-state index contributed by atoms with van der Waals surface area (Å²) in [7, 11) is 1.61. The predicted molar refractivity (Wildman–Crippen MR) is 78.8 cm³/mol. The lowest BCUT2D eigenvalue weighted by Crippen LogP contribution is -2.20. The fourth-order valence-electron chi connectivity index (χ4n) is 1.64. The van der Waals surface area contributed by atoms with Crippen molar-refractivity contribution in [2.45, 2.75) is 27.2 Å². The third-order valence-corrected chi connectivity index (χ3v) is 2.72. The second-order valence-corrected chi connectivity index (χ2v) is 5.12. The largest absolute Gasteiger partial charge is 0.449 e. The van der Waals surface area contributed by atoms with Crippen LogP contribution in [0.15, 0.2) is 18.2 Å². The van der Waals surface area contributed by atoms with Gasteiger partial charge >= 0.3 is 6.09 Å². The molecule has 0 fully saturated rings. The fraction of sp³-hybridized carbons (Fsp3) is 0.467. The van der Waals surface area contributed by atoms with Crippen molar-refractivity contribution in [1.82, 2.24) is 5.32 Å². The molecule has 0 bridgehead atoms. The van der Waals surface area contributed by atoms with Crippen molar-refractivity contribution < 1.29 is 14.3 Å². The van der Waals surface area contributed by atoms with Gasteiger partial charge in [0.25, 0.3) is 0 Å². The molecule has 110 valence electrons. The number of likely N-dealkylation sites (N-methyl/N-ethyl adjacent to an activating group) is 1. The Morgan fingerprint density at radius 1 is 1.30 bits per heavy atom. The Morgan fingerprint density at radius 3 is 2.55 bits per heavy atom. The topological polar surface area (TPSA) is 67.4 Å². The van der Waals surface area contributed by atoms with Crippen molar-refractivity contribution in [2.75, 3.05) is 19.0 Å². The van der Waals surface area contributed by atoms with Gasteiger partial charge in [0, 0.05) is 12.7 Å². The molecule has 0 radical (unpaired) electrons. The first-order valence-corrected chi connectivity index (χ1v) is 6.66. The first kappa shape index (κ1) is 16.0. The molecule has 5 nitrogen and oxygen atoms in total. The Labute approximate surface area is 119 Å². The average Bonchev–Trinajstić information content (AvgIpc) is 2.39. The molecule has 2 N–H and O–H groups in total. The summed E-state index contributed by atoms with van der Waals surface area (Å²) < 4.78 is 5.06. The highest BCUT2D eigenvalue weighted by Crippen LogP contribution is 2.17. The van der Waals surface area contributed by atoms with Crippen LogP contribution in [-0.2, 0) is 16.0 Å². The van der Waals surface area contributed by atoms with Crippen LogP contribution in [0.25, 0.3) is 0 Å². The number of nitrogens with one attached hydrogen (secondary N) is 2. The van der Waals surface area contributed by atoms with Gasteiger partial charge in [0.1, 0.15) is 0 Å². The predicted octanol–water partition coefficient (Wildman–Crippen LogP) is 2.49. The normalized spacial score (nSPS) is 10.2. The van der Waals surface area contributed by atoms with Crippen LogP contribution in [0.1, 0.15) is 25.0 Å². The van der Waals surface area contributed by atoms with Crippen LogP contribution in [0.2, 0.25) is 0 Å². The Kier molecular flexibility index (Phi) is 6.03. The molecule has 0 saturated heterocycles. The number of ether oxygens (including phenoxy) is 1. The number of hydrogen-bond acceptors (Lipinski definition) is 3. The third kappa shape index (κ3) is 5.30. The second-order valence-electron chi connectivity index (χ2n) is 5.12. The molecule has 20 heavy (non-hydrogen) atoms. The molecule has 0 unspecified atom stereocenters. The third-order valence-electron chi connectivity index (χ3n) is 2.72. The lowest BCUT2D eigenvalue weighted by Gasteiger charge is -2.11. The molecule has 1 aromatic rings. The zero-order valence-corrected chi connectivity index (χ0v) is 12.4. The van der Waals surface area contributed by atoms with Crippen LogP contribution >= 0.6 is 0 Å². The van der Waals surface area contributed by atoms with E-state index in [9.17, 15) is 9.59 Å². The van der Waals surface area contributed by atoms with Crippen LogP contribution < -0.4 is 10.6 Å². The van der Waals surface area contributed by atoms with Crippen LogP contribution in [0.3, 0.4) is 0 Å². The molecule has 2 amide bonds. The summed E-state index contributed by atoms with van der Waals surface area (Å²) in [5, 5.41) is 5.28. The molecule has 0 aliphatic rings. The molecule has 0 aliphatic carbocycles. The highest BCUT2D eigenvalue weighted by atomic mass is 16.5. The van der Waals surface area contributed by atoms with Crippen molar-refractivity contribution >= 4 is 17.7 Å². The molecular weight excluding hydrogens is 256 g/mol. The lowest BCUT2D eigenvalue weighted by atomic mass is 10.1. The van der Waals surface area contributed by atoms with Gasteiger partial charge < -0.3 is 10.1 Å². The fourth-order valence-corrected chi connectivity index (χ4v) is 1.64. The number of carbonyl (C=O) groups excluding carboxylic acids is 2. The van der Waals surface area contributed by atoms with Crippen molar-refractivity contribution in [3.05, 3.63) is 29.3 Å². The number of benzene rings is 1. The molecule has 1 aromatic carbocycles. The molecule has 0 atom stereocenters. The van der Waals surface area contributed by atoms with E-state index in [0.717, 1.165) is 11.1 Å². The van der Waals surface area contributed by atoms with Crippen molar-refractivity contribution in [2.24, 2.45) is 5.92 Å². The Balaban J connectivity index is 2.64. The van der Waals surface area contributed by atoms with Crippen molar-refractivity contribution in [3.63, 3.8) is 0 Å². The summed E-state index contributed by atoms with van der Waals surface area (Å²) in [6.07, 6.45) is -0.129. The van der Waals surface area contributed by atoms with Gasteiger partial charge in [0.2, 0.25) is 5.91 Å². The van der Waals surface area contributed by atoms with E-state index in [4.69, 9.17) is 4.74 Å². The maximum atomic E-state index is 11.6. The SMILES string of the molecule is CNC(=O)Cc1ccc(NC(=O)OCC(C)C)c(C)c1. The molecule has 0 spiro atoms. The molecule has 0 aliphatic heterocycles. The molecular formula is C15H22N2O3. The Bertz CT molecular complexity index is 484. The zero-order chi connectivity index (χ0) is 15.1. The van der Waals surface area contributed by atoms with Crippen LogP contribution in [0.5, 0.6) is 0 Å². The summed E-state index contributed by atoms with van der Waals surface area (Å²) in [4.78, 5) is 22.9. The van der Waals surface area contributed by atoms with Crippen molar-refractivity contribution in [3.8, 4) is 0 Å². The van der Waals surface area contributed by atoms with E-state index < -0.39 is 6.09 Å². The minimum Gasteiger partial charge on any atom is -0.449 e. The Morgan fingerprint density at radius 2 is 2.00 bits per heavy atom. The van der Waals surface area contributed by atoms with E-state index in [0.29, 0.717) is 24.6 Å². The highest BCUT2D eigenvalue weighted by Gasteiger charge is 2.08. The van der Waals surface area contributed by atoms with E-state index in [1.807, 2.05) is 32.9 Å². The summed E-state index contributed by atoms with van der Waals surface area (Å²) in [5.41, 5.74) is 2.50. The smallest absolute Gasteiger partial charge is 0.411 e. The molecule has 5 heteroatoms. The van der Waals surface area contributed by atoms with Gasteiger partial charge in [-0.1, -0.05) is 26.0 Å². The number of rotatable bonds is 5. The van der Waals surface area contributed by atoms with E-state index in [2.05, 4.69) is 10.6 Å². The summed E-state index contributed by atoms with van der Waals surface area (Å²) in [6, 6.07) is 5.48. The summed E-state index contributed by atoms with van der Waals surface area (Å²) in [6.45, 7) is 6.23. The maximum Gasteiger partial charge on any atom is 0.411 e. The monoisotopic (exact) mass is 278 g/mol. The second kappa shape index (κ2) is 7.53. The van der Waals surface area contributed by atoms with E-state index in [-0.39, 0.29) is 5.91 Å². The van der Waals surface area contributed by atoms with Gasteiger partial charge in [-0.3, -0.25) is 10.1 Å². The molecule has 0 heterocycles. The zero-order valence-electron chi connectivity index (χ0n) is 12.4. The van der Waals surface area contributed by atoms with Crippen LogP contribution in [-0.4, -0.2) is 25.7 Å². The number of amides is 2. The van der Waals surface area contributed by atoms with Gasteiger partial charge in [-0.25, -0.2) is 4.79 Å². The van der Waals surface area contributed by atoms with Crippen molar-refractivity contribution in [1.29, 1.82) is 0 Å². The molecule has 0 saturated carbocycles. The van der Waals surface area contributed by atoms with E-state index in [1.54, 1.807) is 13.1 Å². The van der Waals surface area contributed by atoms with Gasteiger partial charge in [0.15, 0.2) is 0 Å². The van der Waals surface area contributed by atoms with E-state index >= 15 is 0 Å².